The smallest absolute Gasteiger partial charge is 0.407 e. The second kappa shape index (κ2) is 9.13. The number of nitrogens with one attached hydrogen (secondary N) is 1. The maximum atomic E-state index is 12.6. The molecule has 3 rings (SSSR count). The third-order valence-electron chi connectivity index (χ3n) is 5.23. The van der Waals surface area contributed by atoms with Gasteiger partial charge in [0.15, 0.2) is 11.5 Å². The molecule has 1 aliphatic carbocycles. The number of hydrogen-bond acceptors (Lipinski definition) is 5. The molecule has 1 amide bonds. The number of hydrogen-bond donors (Lipinski definition) is 1. The van der Waals surface area contributed by atoms with E-state index in [9.17, 15) is 4.79 Å². The molecule has 6 nitrogen and oxygen atoms in total. The Kier molecular flexibility index (Phi) is 6.76. The van der Waals surface area contributed by atoms with Crippen molar-refractivity contribution in [3.8, 4) is 11.5 Å². The van der Waals surface area contributed by atoms with Crippen LogP contribution in [0.3, 0.4) is 0 Å². The first-order valence-electron chi connectivity index (χ1n) is 10.0. The third kappa shape index (κ3) is 4.81. The average Bonchev–Trinajstić information content (AvgIpc) is 2.71. The van der Waals surface area contributed by atoms with Crippen molar-refractivity contribution < 1.29 is 19.0 Å². The standard InChI is InChI=1S/C23H29ClN2O4/c1-23(2,3)30-22(27)26-18-7-6-14-10-19(28-4)20(29-5)11-17(14)21(18)16-8-9-25-13-15(16)12-24/h8-11,13,18,21H,6-7,12H2,1-5H3,(H,26,27)/t18-,21-/m0/s1. The number of amides is 1. The molecule has 30 heavy (non-hydrogen) atoms. The molecule has 1 aromatic heterocycles. The van der Waals surface area contributed by atoms with Crippen LogP contribution in [0, 0.1) is 0 Å². The molecule has 1 N–H and O–H groups in total. The van der Waals surface area contributed by atoms with Gasteiger partial charge in [0.1, 0.15) is 5.60 Å². The Morgan fingerprint density at radius 2 is 1.90 bits per heavy atom. The van der Waals surface area contributed by atoms with Crippen molar-refractivity contribution in [3.63, 3.8) is 0 Å². The zero-order valence-electron chi connectivity index (χ0n) is 18.1. The van der Waals surface area contributed by atoms with Gasteiger partial charge in [-0.3, -0.25) is 4.98 Å². The lowest BCUT2D eigenvalue weighted by molar-refractivity contribution is 0.0495. The van der Waals surface area contributed by atoms with Gasteiger partial charge in [0, 0.05) is 30.2 Å². The van der Waals surface area contributed by atoms with E-state index >= 15 is 0 Å². The Morgan fingerprint density at radius 3 is 2.53 bits per heavy atom. The van der Waals surface area contributed by atoms with Crippen LogP contribution in [0.15, 0.2) is 30.6 Å². The minimum atomic E-state index is -0.569. The molecule has 0 saturated carbocycles. The van der Waals surface area contributed by atoms with Gasteiger partial charge in [0.25, 0.3) is 0 Å². The van der Waals surface area contributed by atoms with Gasteiger partial charge in [-0.1, -0.05) is 0 Å². The molecule has 0 unspecified atom stereocenters. The van der Waals surface area contributed by atoms with E-state index in [4.69, 9.17) is 25.8 Å². The van der Waals surface area contributed by atoms with Gasteiger partial charge in [-0.15, -0.1) is 11.6 Å². The Hall–Kier alpha value is -2.47. The molecule has 0 radical (unpaired) electrons. The highest BCUT2D eigenvalue weighted by Crippen LogP contribution is 2.43. The topological polar surface area (TPSA) is 69.7 Å². The first kappa shape index (κ1) is 22.2. The van der Waals surface area contributed by atoms with E-state index in [2.05, 4.69) is 10.3 Å². The van der Waals surface area contributed by atoms with Crippen LogP contribution in [0.25, 0.3) is 0 Å². The monoisotopic (exact) mass is 432 g/mol. The van der Waals surface area contributed by atoms with E-state index in [-0.39, 0.29) is 12.0 Å². The van der Waals surface area contributed by atoms with Gasteiger partial charge in [-0.2, -0.15) is 0 Å². The molecule has 0 fully saturated rings. The molecule has 0 saturated heterocycles. The summed E-state index contributed by atoms with van der Waals surface area (Å²) in [6.07, 6.45) is 4.67. The molecular formula is C23H29ClN2O4. The summed E-state index contributed by atoms with van der Waals surface area (Å²) >= 11 is 6.23. The van der Waals surface area contributed by atoms with Crippen molar-refractivity contribution in [1.29, 1.82) is 0 Å². The number of pyridine rings is 1. The van der Waals surface area contributed by atoms with Crippen LogP contribution in [0.2, 0.25) is 0 Å². The number of rotatable bonds is 5. The predicted molar refractivity (Wildman–Crippen MR) is 117 cm³/mol. The summed E-state index contributed by atoms with van der Waals surface area (Å²) in [5, 5.41) is 3.09. The summed E-state index contributed by atoms with van der Waals surface area (Å²) in [4.78, 5) is 16.8. The summed E-state index contributed by atoms with van der Waals surface area (Å²) < 4.78 is 16.6. The zero-order chi connectivity index (χ0) is 21.9. The highest BCUT2D eigenvalue weighted by molar-refractivity contribution is 6.17. The van der Waals surface area contributed by atoms with Crippen molar-refractivity contribution in [2.75, 3.05) is 14.2 Å². The molecule has 2 atom stereocenters. The van der Waals surface area contributed by atoms with Gasteiger partial charge in [0.2, 0.25) is 0 Å². The number of methoxy groups -OCH3 is 2. The number of fused-ring (bicyclic) bond motifs is 1. The average molecular weight is 433 g/mol. The quantitative estimate of drug-likeness (QED) is 0.686. The first-order chi connectivity index (χ1) is 14.3. The van der Waals surface area contributed by atoms with Crippen LogP contribution in [-0.4, -0.2) is 36.9 Å². The van der Waals surface area contributed by atoms with Crippen molar-refractivity contribution in [1.82, 2.24) is 10.3 Å². The van der Waals surface area contributed by atoms with E-state index < -0.39 is 11.7 Å². The molecule has 1 aliphatic rings. The number of aryl methyl sites for hydroxylation is 1. The van der Waals surface area contributed by atoms with E-state index in [0.717, 1.165) is 35.1 Å². The predicted octanol–water partition coefficient (Wildman–Crippen LogP) is 4.81. The molecule has 1 aromatic carbocycles. The van der Waals surface area contributed by atoms with Gasteiger partial charge >= 0.3 is 6.09 Å². The van der Waals surface area contributed by atoms with Gasteiger partial charge in [-0.05, 0) is 74.1 Å². The van der Waals surface area contributed by atoms with E-state index in [1.54, 1.807) is 26.6 Å². The van der Waals surface area contributed by atoms with Gasteiger partial charge < -0.3 is 19.5 Å². The lowest BCUT2D eigenvalue weighted by Crippen LogP contribution is -2.44. The molecule has 162 valence electrons. The summed E-state index contributed by atoms with van der Waals surface area (Å²) in [6.45, 7) is 5.56. The fourth-order valence-electron chi connectivity index (χ4n) is 3.99. The first-order valence-corrected chi connectivity index (χ1v) is 10.5. The van der Waals surface area contributed by atoms with Crippen molar-refractivity contribution in [2.24, 2.45) is 0 Å². The second-order valence-electron chi connectivity index (χ2n) is 8.38. The normalized spacial score (nSPS) is 18.3. The van der Waals surface area contributed by atoms with Gasteiger partial charge in [-0.25, -0.2) is 4.79 Å². The molecule has 1 heterocycles. The fourth-order valence-corrected chi connectivity index (χ4v) is 4.21. The summed E-state index contributed by atoms with van der Waals surface area (Å²) in [6, 6.07) is 5.83. The van der Waals surface area contributed by atoms with Crippen molar-refractivity contribution in [3.05, 3.63) is 52.8 Å². The maximum absolute atomic E-state index is 12.6. The molecular weight excluding hydrogens is 404 g/mol. The molecule has 7 heteroatoms. The third-order valence-corrected chi connectivity index (χ3v) is 5.52. The molecule has 0 aliphatic heterocycles. The zero-order valence-corrected chi connectivity index (χ0v) is 18.9. The van der Waals surface area contributed by atoms with Crippen LogP contribution in [0.4, 0.5) is 4.79 Å². The van der Waals surface area contributed by atoms with E-state index in [0.29, 0.717) is 17.4 Å². The minimum absolute atomic E-state index is 0.113. The highest BCUT2D eigenvalue weighted by Gasteiger charge is 2.35. The number of ether oxygens (including phenoxy) is 3. The Labute approximate surface area is 182 Å². The Balaban J connectivity index is 2.08. The van der Waals surface area contributed by atoms with Crippen LogP contribution < -0.4 is 14.8 Å². The number of alkyl halides is 1. The second-order valence-corrected chi connectivity index (χ2v) is 8.65. The van der Waals surface area contributed by atoms with Crippen LogP contribution >= 0.6 is 11.6 Å². The molecule has 0 bridgehead atoms. The number of benzene rings is 1. The molecule has 2 aromatic rings. The fraction of sp³-hybridized carbons (Fsp3) is 0.478. The van der Waals surface area contributed by atoms with Gasteiger partial charge in [0.05, 0.1) is 14.2 Å². The lowest BCUT2D eigenvalue weighted by atomic mass is 9.74. The van der Waals surface area contributed by atoms with Crippen molar-refractivity contribution in [2.45, 2.75) is 57.1 Å². The number of nitrogens with zero attached hydrogens (tertiary/aromatic N) is 1. The summed E-state index contributed by atoms with van der Waals surface area (Å²) in [7, 11) is 3.25. The van der Waals surface area contributed by atoms with Crippen LogP contribution in [0.1, 0.15) is 55.4 Å². The van der Waals surface area contributed by atoms with Crippen LogP contribution in [0.5, 0.6) is 11.5 Å². The number of carbonyl (C=O) groups is 1. The minimum Gasteiger partial charge on any atom is -0.493 e. The maximum Gasteiger partial charge on any atom is 0.407 e. The van der Waals surface area contributed by atoms with Crippen molar-refractivity contribution >= 4 is 17.7 Å². The number of carbonyl (C=O) groups excluding carboxylic acids is 1. The summed E-state index contributed by atoms with van der Waals surface area (Å²) in [5.74, 6) is 1.57. The Bertz CT molecular complexity index is 911. The number of alkyl carbamates (subject to hydrolysis) is 1. The number of aromatic nitrogens is 1. The Morgan fingerprint density at radius 1 is 1.20 bits per heavy atom. The number of halogens is 1. The highest BCUT2D eigenvalue weighted by atomic mass is 35.5. The van der Waals surface area contributed by atoms with E-state index in [1.165, 1.54) is 0 Å². The SMILES string of the molecule is COc1cc2c(cc1OC)[C@H](c1ccncc1CCl)[C@@H](NC(=O)OC(C)(C)C)CC2. The lowest BCUT2D eigenvalue weighted by Gasteiger charge is -2.36. The molecule has 0 spiro atoms. The largest absolute Gasteiger partial charge is 0.493 e. The summed E-state index contributed by atoms with van der Waals surface area (Å²) in [5.41, 5.74) is 3.65. The van der Waals surface area contributed by atoms with E-state index in [1.807, 2.05) is 39.0 Å². The van der Waals surface area contributed by atoms with Crippen LogP contribution in [-0.2, 0) is 17.0 Å².